The van der Waals surface area contributed by atoms with Crippen LogP contribution in [0.25, 0.3) is 0 Å². The molecule has 0 aliphatic rings. The quantitative estimate of drug-likeness (QED) is 0.613. The van der Waals surface area contributed by atoms with Gasteiger partial charge < -0.3 is 24.8 Å². The number of ether oxygens (including phenoxy) is 2. The first kappa shape index (κ1) is 20.6. The Labute approximate surface area is 159 Å². The summed E-state index contributed by atoms with van der Waals surface area (Å²) in [7, 11) is 0. The molecule has 2 rings (SSSR count). The summed E-state index contributed by atoms with van der Waals surface area (Å²) in [6.45, 7) is 7.32. The molecule has 0 saturated carbocycles. The van der Waals surface area contributed by atoms with Gasteiger partial charge in [-0.1, -0.05) is 0 Å². The fourth-order valence-electron chi connectivity index (χ4n) is 2.88. The third-order valence-corrected chi connectivity index (χ3v) is 4.00. The van der Waals surface area contributed by atoms with E-state index in [9.17, 15) is 9.59 Å². The summed E-state index contributed by atoms with van der Waals surface area (Å²) in [5, 5.41) is 2.65. The molecule has 2 heterocycles. The van der Waals surface area contributed by atoms with Gasteiger partial charge in [-0.2, -0.15) is 0 Å². The number of aromatic amines is 2. The molecule has 0 saturated heterocycles. The summed E-state index contributed by atoms with van der Waals surface area (Å²) in [4.78, 5) is 30.9. The average Bonchev–Trinajstić information content (AvgIpc) is 3.26. The van der Waals surface area contributed by atoms with Gasteiger partial charge in [0, 0.05) is 29.7 Å². The number of hydrogen-bond donors (Lipinski definition) is 3. The maximum atomic E-state index is 12.3. The lowest BCUT2D eigenvalue weighted by Crippen LogP contribution is -2.44. The summed E-state index contributed by atoms with van der Waals surface area (Å²) in [5.41, 5.74) is 1.44. The van der Waals surface area contributed by atoms with Crippen LogP contribution in [0.3, 0.4) is 0 Å². The minimum absolute atomic E-state index is 0.0485. The largest absolute Gasteiger partial charge is 0.464 e. The van der Waals surface area contributed by atoms with E-state index in [0.29, 0.717) is 12.8 Å². The molecule has 7 heteroatoms. The Morgan fingerprint density at radius 3 is 2.11 bits per heavy atom. The van der Waals surface area contributed by atoms with Crippen molar-refractivity contribution in [3.8, 4) is 0 Å². The maximum Gasteiger partial charge on any atom is 0.408 e. The number of carbonyl (C=O) groups is 2. The summed E-state index contributed by atoms with van der Waals surface area (Å²) in [6, 6.07) is 7.12. The first-order valence-electron chi connectivity index (χ1n) is 9.23. The number of rotatable bonds is 8. The molecule has 2 aromatic rings. The second-order valence-electron chi connectivity index (χ2n) is 7.33. The summed E-state index contributed by atoms with van der Waals surface area (Å²) < 4.78 is 10.4. The van der Waals surface area contributed by atoms with E-state index >= 15 is 0 Å². The van der Waals surface area contributed by atoms with E-state index in [-0.39, 0.29) is 12.5 Å². The minimum atomic E-state index is -0.771. The van der Waals surface area contributed by atoms with Crippen molar-refractivity contribution >= 4 is 12.1 Å². The predicted molar refractivity (Wildman–Crippen MR) is 102 cm³/mol. The van der Waals surface area contributed by atoms with Gasteiger partial charge in [-0.15, -0.1) is 0 Å². The first-order valence-corrected chi connectivity index (χ1v) is 9.23. The lowest BCUT2D eigenvalue weighted by Gasteiger charge is -2.24. The van der Waals surface area contributed by atoms with Crippen molar-refractivity contribution in [3.05, 3.63) is 48.0 Å². The van der Waals surface area contributed by atoms with E-state index in [2.05, 4.69) is 15.3 Å². The number of carbonyl (C=O) groups excluding carboxylic acids is 2. The Balaban J connectivity index is 2.08. The summed E-state index contributed by atoms with van der Waals surface area (Å²) in [6.07, 6.45) is 4.16. The van der Waals surface area contributed by atoms with Crippen molar-refractivity contribution < 1.29 is 19.1 Å². The van der Waals surface area contributed by atoms with Crippen LogP contribution < -0.4 is 5.32 Å². The average molecular weight is 375 g/mol. The van der Waals surface area contributed by atoms with Crippen LogP contribution in [0.4, 0.5) is 4.79 Å². The van der Waals surface area contributed by atoms with Crippen molar-refractivity contribution in [3.63, 3.8) is 0 Å². The molecule has 0 aromatic carbocycles. The van der Waals surface area contributed by atoms with Crippen LogP contribution >= 0.6 is 0 Å². The van der Waals surface area contributed by atoms with Gasteiger partial charge in [0.1, 0.15) is 11.6 Å². The van der Waals surface area contributed by atoms with Gasteiger partial charge in [0.05, 0.1) is 6.61 Å². The second kappa shape index (κ2) is 9.30. The van der Waals surface area contributed by atoms with E-state index in [1.54, 1.807) is 27.7 Å². The highest BCUT2D eigenvalue weighted by Gasteiger charge is 2.27. The zero-order valence-electron chi connectivity index (χ0n) is 16.4. The first-order chi connectivity index (χ1) is 12.8. The monoisotopic (exact) mass is 375 g/mol. The third kappa shape index (κ3) is 6.51. The van der Waals surface area contributed by atoms with Crippen LogP contribution in [0.1, 0.15) is 57.8 Å². The third-order valence-electron chi connectivity index (χ3n) is 4.00. The lowest BCUT2D eigenvalue weighted by molar-refractivity contribution is -0.145. The van der Waals surface area contributed by atoms with Gasteiger partial charge in [-0.3, -0.25) is 0 Å². The molecule has 0 unspecified atom stereocenters. The molecule has 27 heavy (non-hydrogen) atoms. The predicted octanol–water partition coefficient (Wildman–Crippen LogP) is 3.71. The Morgan fingerprint density at radius 2 is 1.67 bits per heavy atom. The fourth-order valence-corrected chi connectivity index (χ4v) is 2.88. The van der Waals surface area contributed by atoms with Crippen LogP contribution in [0.2, 0.25) is 0 Å². The van der Waals surface area contributed by atoms with Gasteiger partial charge in [0.25, 0.3) is 0 Å². The Bertz CT molecular complexity index is 668. The zero-order valence-corrected chi connectivity index (χ0v) is 16.4. The van der Waals surface area contributed by atoms with Crippen molar-refractivity contribution in [1.82, 2.24) is 15.3 Å². The van der Waals surface area contributed by atoms with Gasteiger partial charge >= 0.3 is 12.1 Å². The van der Waals surface area contributed by atoms with Crippen molar-refractivity contribution in [2.45, 2.75) is 58.1 Å². The molecule has 2 aromatic heterocycles. The number of amides is 1. The lowest BCUT2D eigenvalue weighted by atomic mass is 9.93. The molecule has 0 spiro atoms. The van der Waals surface area contributed by atoms with Crippen LogP contribution in [0, 0.1) is 0 Å². The van der Waals surface area contributed by atoms with E-state index in [4.69, 9.17) is 9.47 Å². The Kier molecular flexibility index (Phi) is 7.10. The van der Waals surface area contributed by atoms with Crippen LogP contribution in [0.5, 0.6) is 0 Å². The SMILES string of the molecule is CCOC(=O)[C@H](CCC(c1ccc[nH]1)c1ccc[nH]1)NC(=O)OC(C)(C)C. The topological polar surface area (TPSA) is 96.2 Å². The van der Waals surface area contributed by atoms with Crippen molar-refractivity contribution in [2.75, 3.05) is 6.61 Å². The van der Waals surface area contributed by atoms with Gasteiger partial charge in [-0.25, -0.2) is 9.59 Å². The maximum absolute atomic E-state index is 12.3. The number of hydrogen-bond acceptors (Lipinski definition) is 4. The molecular formula is C20H29N3O4. The Morgan fingerprint density at radius 1 is 1.07 bits per heavy atom. The highest BCUT2D eigenvalue weighted by atomic mass is 16.6. The van der Waals surface area contributed by atoms with E-state index in [1.807, 2.05) is 36.7 Å². The molecule has 0 fully saturated rings. The van der Waals surface area contributed by atoms with Crippen LogP contribution in [-0.4, -0.2) is 40.3 Å². The fraction of sp³-hybridized carbons (Fsp3) is 0.500. The number of nitrogens with one attached hydrogen (secondary N) is 3. The summed E-state index contributed by atoms with van der Waals surface area (Å²) in [5.74, 6) is -0.410. The van der Waals surface area contributed by atoms with Crippen LogP contribution in [0.15, 0.2) is 36.7 Å². The number of H-pyrrole nitrogens is 2. The smallest absolute Gasteiger partial charge is 0.408 e. The van der Waals surface area contributed by atoms with Crippen LogP contribution in [-0.2, 0) is 14.3 Å². The molecule has 1 amide bonds. The molecule has 0 bridgehead atoms. The minimum Gasteiger partial charge on any atom is -0.464 e. The molecule has 7 nitrogen and oxygen atoms in total. The highest BCUT2D eigenvalue weighted by molar-refractivity contribution is 5.81. The Hall–Kier alpha value is -2.70. The molecule has 148 valence electrons. The second-order valence-corrected chi connectivity index (χ2v) is 7.33. The standard InChI is InChI=1S/C20H29N3O4/c1-5-26-18(24)17(23-19(25)27-20(2,3)4)11-10-14(15-8-6-12-21-15)16-9-7-13-22-16/h6-9,12-14,17,21-22H,5,10-11H2,1-4H3,(H,23,25)/t17-/m0/s1. The van der Waals surface area contributed by atoms with Crippen molar-refractivity contribution in [2.24, 2.45) is 0 Å². The normalized spacial score (nSPS) is 12.6. The number of alkyl carbamates (subject to hydrolysis) is 1. The number of aromatic nitrogens is 2. The molecule has 1 atom stereocenters. The van der Waals surface area contributed by atoms with E-state index < -0.39 is 23.7 Å². The highest BCUT2D eigenvalue weighted by Crippen LogP contribution is 2.27. The van der Waals surface area contributed by atoms with E-state index in [1.165, 1.54) is 0 Å². The molecule has 0 aliphatic carbocycles. The van der Waals surface area contributed by atoms with E-state index in [0.717, 1.165) is 11.4 Å². The molecular weight excluding hydrogens is 346 g/mol. The number of esters is 1. The summed E-state index contributed by atoms with van der Waals surface area (Å²) >= 11 is 0. The van der Waals surface area contributed by atoms with Crippen molar-refractivity contribution in [1.29, 1.82) is 0 Å². The van der Waals surface area contributed by atoms with Gasteiger partial charge in [0.2, 0.25) is 0 Å². The van der Waals surface area contributed by atoms with Gasteiger partial charge in [0.15, 0.2) is 0 Å². The zero-order chi connectivity index (χ0) is 19.9. The molecule has 3 N–H and O–H groups in total. The van der Waals surface area contributed by atoms with Gasteiger partial charge in [-0.05, 0) is 64.8 Å². The molecule has 0 radical (unpaired) electrons. The molecule has 0 aliphatic heterocycles.